The van der Waals surface area contributed by atoms with Crippen LogP contribution in [0.2, 0.25) is 0 Å². The molecule has 52 valence electrons. The van der Waals surface area contributed by atoms with Crippen molar-refractivity contribution in [1.82, 2.24) is 0 Å². The van der Waals surface area contributed by atoms with Crippen LogP contribution in [0, 0.1) is 5.41 Å². The van der Waals surface area contributed by atoms with Crippen LogP contribution in [-0.2, 0) is 4.79 Å². The lowest BCUT2D eigenvalue weighted by Crippen LogP contribution is -1.94. The Bertz CT molecular complexity index is 121. The molecule has 9 heavy (non-hydrogen) atoms. The molecule has 0 radical (unpaired) electrons. The number of hydrogen-bond donors (Lipinski definition) is 4. The molecule has 0 spiro atoms. The van der Waals surface area contributed by atoms with E-state index in [9.17, 15) is 0 Å². The van der Waals surface area contributed by atoms with Gasteiger partial charge in [-0.15, -0.1) is 12.6 Å². The first-order chi connectivity index (χ1) is 4.00. The fourth-order valence-electron chi connectivity index (χ4n) is 0. The Balaban J connectivity index is 0. The highest BCUT2D eigenvalue weighted by molar-refractivity contribution is 8.10. The third-order valence-electron chi connectivity index (χ3n) is 0.123. The van der Waals surface area contributed by atoms with Gasteiger partial charge in [-0.2, -0.15) is 0 Å². The van der Waals surface area contributed by atoms with Crippen molar-refractivity contribution in [2.24, 2.45) is 5.73 Å². The van der Waals surface area contributed by atoms with Gasteiger partial charge >= 0.3 is 5.97 Å². The molecular weight excluding hydrogens is 160 g/mol. The third-order valence-corrected chi connectivity index (χ3v) is 0.123. The van der Waals surface area contributed by atoms with Gasteiger partial charge in [0.2, 0.25) is 0 Å². The van der Waals surface area contributed by atoms with Gasteiger partial charge in [0.25, 0.3) is 0 Å². The Hall–Kier alpha value is -0.620. The molecule has 0 aliphatic heterocycles. The third kappa shape index (κ3) is 112. The van der Waals surface area contributed by atoms with Gasteiger partial charge in [-0.3, -0.25) is 0 Å². The van der Waals surface area contributed by atoms with Gasteiger partial charge in [-0.1, -0.05) is 12.2 Å². The number of hydrogen-bond acceptors (Lipinski definition) is 3. The Morgan fingerprint density at radius 1 is 1.89 bits per heavy atom. The summed E-state index contributed by atoms with van der Waals surface area (Å²) in [6.45, 7) is 0. The van der Waals surface area contributed by atoms with Crippen LogP contribution in [0.1, 0.15) is 0 Å². The van der Waals surface area contributed by atoms with Crippen molar-refractivity contribution in [2.45, 2.75) is 0 Å². The summed E-state index contributed by atoms with van der Waals surface area (Å²) < 4.78 is 0.194. The molecule has 0 atom stereocenters. The fourth-order valence-corrected chi connectivity index (χ4v) is 0. The summed E-state index contributed by atoms with van der Waals surface area (Å²) in [5.74, 6) is -1.20. The highest BCUT2D eigenvalue weighted by Crippen LogP contribution is 1.63. The number of nitrogens with two attached hydrogens (primary N) is 1. The van der Waals surface area contributed by atoms with E-state index in [1.165, 1.54) is 0 Å². The van der Waals surface area contributed by atoms with Crippen molar-refractivity contribution in [3.8, 4) is 0 Å². The van der Waals surface area contributed by atoms with Crippen LogP contribution < -0.4 is 5.73 Å². The Kier molecular flexibility index (Phi) is 9.19. The van der Waals surface area contributed by atoms with Crippen LogP contribution in [0.5, 0.6) is 0 Å². The first kappa shape index (κ1) is 11.2. The van der Waals surface area contributed by atoms with Gasteiger partial charge in [0.1, 0.15) is 10.5 Å². The molecule has 0 saturated carbocycles. The van der Waals surface area contributed by atoms with Gasteiger partial charge in [-0.05, 0) is 0 Å². The second-order valence-electron chi connectivity index (χ2n) is 0.821. The van der Waals surface area contributed by atoms with Crippen molar-refractivity contribution in [3.05, 3.63) is 0 Å². The molecule has 6 heteroatoms. The lowest BCUT2D eigenvalue weighted by atomic mass is 10.8. The van der Waals surface area contributed by atoms with E-state index < -0.39 is 5.97 Å². The zero-order chi connectivity index (χ0) is 7.86. The van der Waals surface area contributed by atoms with E-state index in [4.69, 9.17) is 21.0 Å². The Morgan fingerprint density at radius 3 is 2.00 bits per heavy atom. The van der Waals surface area contributed by atoms with E-state index in [1.54, 1.807) is 0 Å². The molecule has 0 heterocycles. The van der Waals surface area contributed by atoms with Crippen LogP contribution >= 0.6 is 24.8 Å². The molecule has 0 aliphatic rings. The van der Waals surface area contributed by atoms with E-state index in [0.29, 0.717) is 6.21 Å². The van der Waals surface area contributed by atoms with Crippen LogP contribution in [0.4, 0.5) is 0 Å². The maximum absolute atomic E-state index is 9.12. The van der Waals surface area contributed by atoms with Crippen molar-refractivity contribution in [2.75, 3.05) is 0 Å². The topological polar surface area (TPSA) is 87.2 Å². The number of aliphatic carboxylic acids is 1. The molecule has 0 rings (SSSR count). The highest BCUT2D eigenvalue weighted by atomic mass is 32.1. The van der Waals surface area contributed by atoms with Gasteiger partial charge in [-0.25, -0.2) is 4.79 Å². The lowest BCUT2D eigenvalue weighted by molar-refractivity contribution is -0.128. The van der Waals surface area contributed by atoms with Crippen molar-refractivity contribution in [3.63, 3.8) is 0 Å². The first-order valence-electron chi connectivity index (χ1n) is 1.72. The van der Waals surface area contributed by atoms with E-state index in [2.05, 4.69) is 24.8 Å². The number of thiol groups is 1. The van der Waals surface area contributed by atoms with Crippen molar-refractivity contribution >= 4 is 41.4 Å². The predicted octanol–water partition coefficient (Wildman–Crippen LogP) is -0.120. The van der Waals surface area contributed by atoms with Crippen LogP contribution in [-0.4, -0.2) is 21.6 Å². The second-order valence-corrected chi connectivity index (χ2v) is 2.05. The molecular formula is C3H6N2O2S2. The number of rotatable bonds is 1. The lowest BCUT2D eigenvalue weighted by Gasteiger charge is -1.64. The van der Waals surface area contributed by atoms with E-state index in [-0.39, 0.29) is 4.32 Å². The van der Waals surface area contributed by atoms with Crippen LogP contribution in [0.3, 0.4) is 0 Å². The average molecular weight is 166 g/mol. The number of carbonyl (C=O) groups is 1. The summed E-state index contributed by atoms with van der Waals surface area (Å²) in [6.07, 6.45) is 0.333. The normalized spacial score (nSPS) is 6.33. The van der Waals surface area contributed by atoms with Gasteiger partial charge < -0.3 is 16.2 Å². The summed E-state index contributed by atoms with van der Waals surface area (Å²) in [6, 6.07) is 0. The van der Waals surface area contributed by atoms with Crippen molar-refractivity contribution in [1.29, 1.82) is 5.41 Å². The molecule has 0 fully saturated rings. The van der Waals surface area contributed by atoms with Gasteiger partial charge in [0.15, 0.2) is 0 Å². The molecule has 0 aromatic rings. The van der Waals surface area contributed by atoms with E-state index in [0.717, 1.165) is 0 Å². The molecule has 0 aliphatic carbocycles. The van der Waals surface area contributed by atoms with Crippen LogP contribution in [0.25, 0.3) is 0 Å². The fraction of sp³-hybridized carbons (Fsp3) is 0. The van der Waals surface area contributed by atoms with Crippen LogP contribution in [0.15, 0.2) is 0 Å². The SMILES string of the molecule is N=CC(=O)O.NC(=S)S. The molecule has 0 bridgehead atoms. The maximum atomic E-state index is 9.12. The van der Waals surface area contributed by atoms with E-state index in [1.807, 2.05) is 0 Å². The molecule has 0 saturated heterocycles. The molecule has 0 amide bonds. The molecule has 0 aromatic carbocycles. The standard InChI is InChI=1S/C2H3NO2.CH3NS2/c3-1-2(4)5;2-1(3)4/h1,3H,(H,4,5);(H3,2,3,4). The minimum Gasteiger partial charge on any atom is -0.477 e. The monoisotopic (exact) mass is 166 g/mol. The number of carboxylic acids is 1. The number of carboxylic acid groups (broad SMARTS) is 1. The highest BCUT2D eigenvalue weighted by Gasteiger charge is 1.76. The summed E-state index contributed by atoms with van der Waals surface area (Å²) in [7, 11) is 0. The number of nitrogens with one attached hydrogen (secondary N) is 1. The molecule has 4 N–H and O–H groups in total. The predicted molar refractivity (Wildman–Crippen MR) is 42.2 cm³/mol. The minimum absolute atomic E-state index is 0.194. The summed E-state index contributed by atoms with van der Waals surface area (Å²) in [4.78, 5) is 9.12. The molecule has 0 unspecified atom stereocenters. The molecule has 4 nitrogen and oxygen atoms in total. The second kappa shape index (κ2) is 7.38. The summed E-state index contributed by atoms with van der Waals surface area (Å²) in [5.41, 5.74) is 4.71. The Labute approximate surface area is 63.0 Å². The maximum Gasteiger partial charge on any atom is 0.346 e. The average Bonchev–Trinajstić information content (AvgIpc) is 1.65. The quantitative estimate of drug-likeness (QED) is 0.248. The number of thiocarbonyl (C=S) groups is 1. The first-order valence-corrected chi connectivity index (χ1v) is 2.58. The van der Waals surface area contributed by atoms with Crippen molar-refractivity contribution < 1.29 is 9.90 Å². The Morgan fingerprint density at radius 2 is 2.00 bits per heavy atom. The summed E-state index contributed by atoms with van der Waals surface area (Å²) >= 11 is 7.65. The van der Waals surface area contributed by atoms with Gasteiger partial charge in [0.05, 0.1) is 0 Å². The minimum atomic E-state index is -1.20. The molecule has 0 aromatic heterocycles. The largest absolute Gasteiger partial charge is 0.477 e. The smallest absolute Gasteiger partial charge is 0.346 e. The zero-order valence-corrected chi connectivity index (χ0v) is 6.08. The summed E-state index contributed by atoms with van der Waals surface area (Å²) in [5, 5.41) is 13.4. The van der Waals surface area contributed by atoms with E-state index >= 15 is 0 Å². The zero-order valence-electron chi connectivity index (χ0n) is 4.37. The van der Waals surface area contributed by atoms with Gasteiger partial charge in [0, 0.05) is 0 Å².